The van der Waals surface area contributed by atoms with Crippen LogP contribution in [0.25, 0.3) is 0 Å². The summed E-state index contributed by atoms with van der Waals surface area (Å²) in [5, 5.41) is 3.42. The normalized spacial score (nSPS) is 15.9. The number of amides is 1. The molecule has 0 saturated carbocycles. The van der Waals surface area contributed by atoms with Crippen molar-refractivity contribution in [1.29, 1.82) is 0 Å². The number of methoxy groups -OCH3 is 1. The largest absolute Gasteiger partial charge is 0.496 e. The highest BCUT2D eigenvalue weighted by molar-refractivity contribution is 7.89. The predicted molar refractivity (Wildman–Crippen MR) is 108 cm³/mol. The van der Waals surface area contributed by atoms with E-state index in [1.54, 1.807) is 19.2 Å². The van der Waals surface area contributed by atoms with Gasteiger partial charge in [0.05, 0.1) is 12.0 Å². The van der Waals surface area contributed by atoms with Gasteiger partial charge >= 0.3 is 0 Å². The number of benzene rings is 2. The zero-order valence-corrected chi connectivity index (χ0v) is 17.2. The Morgan fingerprint density at radius 1 is 1.14 bits per heavy atom. The molecular formula is C20H23ClN2O4S. The number of hydrogen-bond donors (Lipinski definition) is 1. The van der Waals surface area contributed by atoms with Gasteiger partial charge in [0.1, 0.15) is 5.75 Å². The van der Waals surface area contributed by atoms with Crippen LogP contribution in [0.3, 0.4) is 0 Å². The molecule has 1 fully saturated rings. The zero-order valence-electron chi connectivity index (χ0n) is 15.6. The minimum atomic E-state index is -3.57. The Balaban J connectivity index is 1.56. The van der Waals surface area contributed by atoms with Crippen molar-refractivity contribution in [2.24, 2.45) is 5.92 Å². The van der Waals surface area contributed by atoms with Crippen LogP contribution in [0.1, 0.15) is 18.4 Å². The monoisotopic (exact) mass is 422 g/mol. The summed E-state index contributed by atoms with van der Waals surface area (Å²) >= 11 is 5.83. The van der Waals surface area contributed by atoms with Gasteiger partial charge < -0.3 is 10.1 Å². The fourth-order valence-corrected chi connectivity index (χ4v) is 4.89. The van der Waals surface area contributed by atoms with Crippen LogP contribution >= 0.6 is 11.6 Å². The van der Waals surface area contributed by atoms with Crippen LogP contribution in [0.4, 0.5) is 0 Å². The number of piperidine rings is 1. The molecule has 0 radical (unpaired) electrons. The van der Waals surface area contributed by atoms with Gasteiger partial charge in [-0.25, -0.2) is 8.42 Å². The van der Waals surface area contributed by atoms with Crippen LogP contribution in [-0.4, -0.2) is 38.8 Å². The molecule has 0 atom stereocenters. The Labute approximate surface area is 170 Å². The Morgan fingerprint density at radius 2 is 1.79 bits per heavy atom. The quantitative estimate of drug-likeness (QED) is 0.776. The molecule has 150 valence electrons. The van der Waals surface area contributed by atoms with E-state index in [0.29, 0.717) is 37.5 Å². The first kappa shape index (κ1) is 20.6. The summed E-state index contributed by atoms with van der Waals surface area (Å²) in [5.41, 5.74) is 0.904. The summed E-state index contributed by atoms with van der Waals surface area (Å²) in [7, 11) is -1.97. The Hall–Kier alpha value is -2.09. The summed E-state index contributed by atoms with van der Waals surface area (Å²) in [6, 6.07) is 13.7. The van der Waals surface area contributed by atoms with Crippen molar-refractivity contribution in [3.63, 3.8) is 0 Å². The fourth-order valence-electron chi connectivity index (χ4n) is 3.29. The molecule has 6 nitrogen and oxygen atoms in total. The van der Waals surface area contributed by atoms with Crippen LogP contribution in [-0.2, 0) is 21.4 Å². The molecule has 0 aromatic heterocycles. The van der Waals surface area contributed by atoms with Crippen LogP contribution in [0, 0.1) is 5.92 Å². The van der Waals surface area contributed by atoms with Crippen LogP contribution < -0.4 is 10.1 Å². The number of sulfonamides is 1. The average Bonchev–Trinajstić information content (AvgIpc) is 2.72. The lowest BCUT2D eigenvalue weighted by Crippen LogP contribution is -2.42. The van der Waals surface area contributed by atoms with Gasteiger partial charge in [0.25, 0.3) is 0 Å². The maximum atomic E-state index is 12.7. The van der Waals surface area contributed by atoms with Crippen molar-refractivity contribution in [2.45, 2.75) is 24.3 Å². The van der Waals surface area contributed by atoms with Crippen LogP contribution in [0.15, 0.2) is 53.4 Å². The first-order valence-corrected chi connectivity index (χ1v) is 10.9. The lowest BCUT2D eigenvalue weighted by Gasteiger charge is -2.30. The van der Waals surface area contributed by atoms with E-state index in [0.717, 1.165) is 11.3 Å². The van der Waals surface area contributed by atoms with Gasteiger partial charge in [-0.1, -0.05) is 29.8 Å². The van der Waals surface area contributed by atoms with Crippen molar-refractivity contribution in [2.75, 3.05) is 20.2 Å². The zero-order chi connectivity index (χ0) is 20.1. The van der Waals surface area contributed by atoms with Gasteiger partial charge in [0.2, 0.25) is 15.9 Å². The molecule has 2 aromatic rings. The van der Waals surface area contributed by atoms with E-state index in [1.807, 2.05) is 24.3 Å². The predicted octanol–water partition coefficient (Wildman–Crippen LogP) is 3.07. The van der Waals surface area contributed by atoms with E-state index < -0.39 is 10.0 Å². The molecule has 1 heterocycles. The fraction of sp³-hybridized carbons (Fsp3) is 0.350. The number of nitrogens with zero attached hydrogens (tertiary/aromatic N) is 1. The second kappa shape index (κ2) is 8.94. The van der Waals surface area contributed by atoms with Gasteiger partial charge in [-0.3, -0.25) is 4.79 Å². The molecule has 3 rings (SSSR count). The third kappa shape index (κ3) is 4.66. The smallest absolute Gasteiger partial charge is 0.243 e. The van der Waals surface area contributed by atoms with E-state index in [9.17, 15) is 13.2 Å². The number of rotatable bonds is 6. The van der Waals surface area contributed by atoms with Gasteiger partial charge in [0.15, 0.2) is 0 Å². The number of nitrogens with one attached hydrogen (secondary N) is 1. The van der Waals surface area contributed by atoms with E-state index in [-0.39, 0.29) is 16.7 Å². The standard InChI is InChI=1S/C20H23ClN2O4S/c1-27-19-5-3-2-4-16(19)14-22-20(24)15-10-12-23(13-11-15)28(25,26)18-8-6-17(21)7-9-18/h2-9,15H,10-14H2,1H3,(H,22,24). The molecule has 2 aromatic carbocycles. The number of halogens is 1. The topological polar surface area (TPSA) is 75.7 Å². The average molecular weight is 423 g/mol. The van der Waals surface area contributed by atoms with Crippen molar-refractivity contribution in [3.8, 4) is 5.75 Å². The highest BCUT2D eigenvalue weighted by atomic mass is 35.5. The summed E-state index contributed by atoms with van der Waals surface area (Å²) < 4.78 is 32.2. The Bertz CT molecular complexity index is 923. The van der Waals surface area contributed by atoms with Gasteiger partial charge in [-0.05, 0) is 43.2 Å². The third-order valence-electron chi connectivity index (χ3n) is 4.92. The summed E-state index contributed by atoms with van der Waals surface area (Å²) in [6.07, 6.45) is 0.981. The van der Waals surface area contributed by atoms with Crippen molar-refractivity contribution < 1.29 is 17.9 Å². The van der Waals surface area contributed by atoms with Crippen molar-refractivity contribution in [3.05, 3.63) is 59.1 Å². The first-order chi connectivity index (χ1) is 13.4. The minimum absolute atomic E-state index is 0.0607. The molecule has 0 spiro atoms. The lowest BCUT2D eigenvalue weighted by molar-refractivity contribution is -0.126. The van der Waals surface area contributed by atoms with Gasteiger partial charge in [-0.15, -0.1) is 0 Å². The lowest BCUT2D eigenvalue weighted by atomic mass is 9.97. The number of para-hydroxylation sites is 1. The number of hydrogen-bond acceptors (Lipinski definition) is 4. The minimum Gasteiger partial charge on any atom is -0.496 e. The van der Waals surface area contributed by atoms with Gasteiger partial charge in [-0.2, -0.15) is 4.31 Å². The molecule has 1 saturated heterocycles. The Morgan fingerprint density at radius 3 is 2.43 bits per heavy atom. The van der Waals surface area contributed by atoms with E-state index in [4.69, 9.17) is 16.3 Å². The molecule has 1 amide bonds. The van der Waals surface area contributed by atoms with E-state index in [1.165, 1.54) is 16.4 Å². The highest BCUT2D eigenvalue weighted by Crippen LogP contribution is 2.25. The van der Waals surface area contributed by atoms with Gasteiger partial charge in [0, 0.05) is 36.1 Å². The van der Waals surface area contributed by atoms with E-state index >= 15 is 0 Å². The van der Waals surface area contributed by atoms with Crippen molar-refractivity contribution in [1.82, 2.24) is 9.62 Å². The molecule has 1 aliphatic heterocycles. The van der Waals surface area contributed by atoms with Crippen LogP contribution in [0.5, 0.6) is 5.75 Å². The Kier molecular flexibility index (Phi) is 6.59. The molecule has 1 aliphatic rings. The summed E-state index contributed by atoms with van der Waals surface area (Å²) in [4.78, 5) is 12.7. The molecule has 1 N–H and O–H groups in total. The first-order valence-electron chi connectivity index (χ1n) is 9.07. The highest BCUT2D eigenvalue weighted by Gasteiger charge is 2.32. The maximum absolute atomic E-state index is 12.7. The molecule has 0 aliphatic carbocycles. The molecule has 8 heteroatoms. The maximum Gasteiger partial charge on any atom is 0.243 e. The molecule has 0 bridgehead atoms. The van der Waals surface area contributed by atoms with E-state index in [2.05, 4.69) is 5.32 Å². The summed E-state index contributed by atoms with van der Waals surface area (Å²) in [6.45, 7) is 1.02. The number of carbonyl (C=O) groups excluding carboxylic acids is 1. The molecule has 0 unspecified atom stereocenters. The second-order valence-electron chi connectivity index (χ2n) is 6.66. The SMILES string of the molecule is COc1ccccc1CNC(=O)C1CCN(S(=O)(=O)c2ccc(Cl)cc2)CC1. The number of ether oxygens (including phenoxy) is 1. The second-order valence-corrected chi connectivity index (χ2v) is 9.04. The summed E-state index contributed by atoms with van der Waals surface area (Å²) in [5.74, 6) is 0.465. The molecule has 28 heavy (non-hydrogen) atoms. The van der Waals surface area contributed by atoms with Crippen molar-refractivity contribution >= 4 is 27.5 Å². The molecular weight excluding hydrogens is 400 g/mol. The third-order valence-corrected chi connectivity index (χ3v) is 7.09. The number of carbonyl (C=O) groups is 1. The van der Waals surface area contributed by atoms with Crippen LogP contribution in [0.2, 0.25) is 5.02 Å².